The van der Waals surface area contributed by atoms with Gasteiger partial charge in [-0.2, -0.15) is 0 Å². The lowest BCUT2D eigenvalue weighted by Crippen LogP contribution is -2.46. The Hall–Kier alpha value is -2.30. The highest BCUT2D eigenvalue weighted by Crippen LogP contribution is 2.46. The first kappa shape index (κ1) is 26.3. The molecular formula is C29H45N3O2. The number of benzene rings is 1. The number of hydrogen-bond acceptors (Lipinski definition) is 4. The highest BCUT2D eigenvalue weighted by molar-refractivity contribution is 5.73. The monoisotopic (exact) mass is 467 g/mol. The van der Waals surface area contributed by atoms with Gasteiger partial charge in [-0.3, -0.25) is 4.99 Å². The van der Waals surface area contributed by atoms with Crippen LogP contribution in [0.1, 0.15) is 97.8 Å². The van der Waals surface area contributed by atoms with Crippen LogP contribution in [0.15, 0.2) is 29.4 Å². The summed E-state index contributed by atoms with van der Waals surface area (Å²) in [5.74, 6) is 0. The van der Waals surface area contributed by atoms with Crippen LogP contribution in [0.4, 0.5) is 4.79 Å². The number of nitrogens with zero attached hydrogens (tertiary/aromatic N) is 3. The molecule has 1 fully saturated rings. The van der Waals surface area contributed by atoms with E-state index in [-0.39, 0.29) is 16.9 Å². The predicted octanol–water partition coefficient (Wildman–Crippen LogP) is 6.76. The Kier molecular flexibility index (Phi) is 7.54. The van der Waals surface area contributed by atoms with Gasteiger partial charge in [0.05, 0.1) is 5.70 Å². The number of piperidine rings is 1. The van der Waals surface area contributed by atoms with Crippen molar-refractivity contribution in [3.63, 3.8) is 0 Å². The minimum Gasteiger partial charge on any atom is -0.444 e. The summed E-state index contributed by atoms with van der Waals surface area (Å²) < 4.78 is 5.55. The van der Waals surface area contributed by atoms with Gasteiger partial charge in [0, 0.05) is 44.2 Å². The third-order valence-corrected chi connectivity index (χ3v) is 7.43. The smallest absolute Gasteiger partial charge is 0.410 e. The molecule has 0 bridgehead atoms. The second-order valence-electron chi connectivity index (χ2n) is 12.3. The molecule has 0 unspecified atom stereocenters. The number of fused-ring (bicyclic) bond motifs is 1. The van der Waals surface area contributed by atoms with Crippen molar-refractivity contribution >= 4 is 18.0 Å². The lowest BCUT2D eigenvalue weighted by Gasteiger charge is -2.42. The highest BCUT2D eigenvalue weighted by atomic mass is 16.6. The summed E-state index contributed by atoms with van der Waals surface area (Å²) in [6.07, 6.45) is 8.09. The zero-order chi connectivity index (χ0) is 25.3. The first-order valence-corrected chi connectivity index (χ1v) is 12.8. The van der Waals surface area contributed by atoms with Crippen molar-refractivity contribution < 1.29 is 9.53 Å². The molecule has 0 spiro atoms. The maximum Gasteiger partial charge on any atom is 0.410 e. The molecular weight excluding hydrogens is 422 g/mol. The number of ether oxygens (including phenoxy) is 1. The predicted molar refractivity (Wildman–Crippen MR) is 142 cm³/mol. The number of likely N-dealkylation sites (tertiary alicyclic amines) is 1. The molecule has 0 aromatic heterocycles. The molecule has 2 aliphatic rings. The average Bonchev–Trinajstić information content (AvgIpc) is 2.75. The van der Waals surface area contributed by atoms with Crippen LogP contribution in [0.3, 0.4) is 0 Å². The summed E-state index contributed by atoms with van der Waals surface area (Å²) in [6, 6.07) is 7.30. The van der Waals surface area contributed by atoms with E-state index in [0.717, 1.165) is 18.5 Å². The van der Waals surface area contributed by atoms with Crippen LogP contribution in [-0.4, -0.2) is 53.9 Å². The molecule has 1 aromatic rings. The number of carbonyl (C=O) groups excluding carboxylic acids is 1. The van der Waals surface area contributed by atoms with Crippen LogP contribution in [0.25, 0.3) is 5.70 Å². The van der Waals surface area contributed by atoms with E-state index in [0.29, 0.717) is 19.1 Å². The fourth-order valence-electron chi connectivity index (χ4n) is 5.15. The molecule has 5 heteroatoms. The quantitative estimate of drug-likeness (QED) is 0.460. The Balaban J connectivity index is 1.78. The maximum atomic E-state index is 12.4. The Morgan fingerprint density at radius 1 is 1.09 bits per heavy atom. The Bertz CT molecular complexity index is 945. The van der Waals surface area contributed by atoms with Gasteiger partial charge < -0.3 is 14.5 Å². The molecule has 0 atom stereocenters. The van der Waals surface area contributed by atoms with Gasteiger partial charge in [-0.1, -0.05) is 39.8 Å². The second kappa shape index (κ2) is 9.75. The summed E-state index contributed by atoms with van der Waals surface area (Å²) in [5.41, 5.74) is 4.99. The summed E-state index contributed by atoms with van der Waals surface area (Å²) in [4.78, 5) is 21.3. The summed E-state index contributed by atoms with van der Waals surface area (Å²) in [5, 5.41) is 0. The molecule has 1 heterocycles. The minimum atomic E-state index is -0.459. The van der Waals surface area contributed by atoms with Crippen LogP contribution < -0.4 is 0 Å². The lowest BCUT2D eigenvalue weighted by atomic mass is 9.63. The fourth-order valence-corrected chi connectivity index (χ4v) is 5.15. The molecule has 1 aliphatic carbocycles. The number of rotatable bonds is 4. The van der Waals surface area contributed by atoms with E-state index >= 15 is 0 Å². The fraction of sp³-hybridized carbons (Fsp3) is 0.655. The molecule has 188 valence electrons. The molecule has 1 saturated heterocycles. The third-order valence-electron chi connectivity index (χ3n) is 7.43. The highest BCUT2D eigenvalue weighted by Gasteiger charge is 2.37. The van der Waals surface area contributed by atoms with Crippen molar-refractivity contribution in [2.45, 2.75) is 104 Å². The molecule has 5 nitrogen and oxygen atoms in total. The van der Waals surface area contributed by atoms with E-state index in [1.807, 2.05) is 38.8 Å². The number of amides is 1. The van der Waals surface area contributed by atoms with E-state index in [1.165, 1.54) is 29.5 Å². The van der Waals surface area contributed by atoms with Crippen LogP contribution in [-0.2, 0) is 15.6 Å². The molecule has 0 radical (unpaired) electrons. The van der Waals surface area contributed by atoms with Crippen molar-refractivity contribution in [1.82, 2.24) is 9.80 Å². The van der Waals surface area contributed by atoms with Gasteiger partial charge in [0.2, 0.25) is 0 Å². The molecule has 1 amide bonds. The largest absolute Gasteiger partial charge is 0.444 e. The van der Waals surface area contributed by atoms with Crippen LogP contribution in [0.5, 0.6) is 0 Å². The number of aliphatic imine (C=N–C) groups is 1. The topological polar surface area (TPSA) is 45.1 Å². The van der Waals surface area contributed by atoms with Gasteiger partial charge in [-0.25, -0.2) is 4.79 Å². The zero-order valence-corrected chi connectivity index (χ0v) is 22.9. The van der Waals surface area contributed by atoms with Gasteiger partial charge in [0.25, 0.3) is 0 Å². The van der Waals surface area contributed by atoms with Crippen molar-refractivity contribution in [2.24, 2.45) is 4.99 Å². The summed E-state index contributed by atoms with van der Waals surface area (Å²) >= 11 is 0. The van der Waals surface area contributed by atoms with Gasteiger partial charge in [0.1, 0.15) is 5.60 Å². The van der Waals surface area contributed by atoms with Gasteiger partial charge in [0.15, 0.2) is 0 Å². The standard InChI is InChI=1S/C29H45N3O2/c1-10-30-25(21-11-12-23-24(19-21)29(7,8)16-15-28(23,5)6)20-31(9)22-13-17-32(18-14-22)26(33)34-27(2,3)4/h10-12,19-20,22H,13-18H2,1-9H3/b25-20-,30-10?. The van der Waals surface area contributed by atoms with Crippen molar-refractivity contribution in [2.75, 3.05) is 20.1 Å². The normalized spacial score (nSPS) is 20.9. The third kappa shape index (κ3) is 6.03. The van der Waals surface area contributed by atoms with E-state index in [9.17, 15) is 4.79 Å². The van der Waals surface area contributed by atoms with Crippen molar-refractivity contribution in [1.29, 1.82) is 0 Å². The van der Waals surface area contributed by atoms with Crippen molar-refractivity contribution in [3.8, 4) is 0 Å². The molecule has 1 aliphatic heterocycles. The van der Waals surface area contributed by atoms with Crippen LogP contribution >= 0.6 is 0 Å². The maximum absolute atomic E-state index is 12.4. The molecule has 3 rings (SSSR count). The Morgan fingerprint density at radius 3 is 2.24 bits per heavy atom. The van der Waals surface area contributed by atoms with Crippen LogP contribution in [0.2, 0.25) is 0 Å². The van der Waals surface area contributed by atoms with E-state index in [1.54, 1.807) is 0 Å². The molecule has 34 heavy (non-hydrogen) atoms. The van der Waals surface area contributed by atoms with Gasteiger partial charge >= 0.3 is 6.09 Å². The van der Waals surface area contributed by atoms with E-state index < -0.39 is 5.60 Å². The summed E-state index contributed by atoms with van der Waals surface area (Å²) in [7, 11) is 2.13. The first-order chi connectivity index (χ1) is 15.7. The Labute approximate surface area is 207 Å². The van der Waals surface area contributed by atoms with E-state index in [2.05, 4.69) is 64.0 Å². The Morgan fingerprint density at radius 2 is 1.68 bits per heavy atom. The number of hydrogen-bond donors (Lipinski definition) is 0. The molecule has 1 aromatic carbocycles. The summed E-state index contributed by atoms with van der Waals surface area (Å²) in [6.45, 7) is 18.6. The molecule has 0 saturated carbocycles. The number of carbonyl (C=O) groups is 1. The zero-order valence-electron chi connectivity index (χ0n) is 22.9. The first-order valence-electron chi connectivity index (χ1n) is 12.8. The second-order valence-corrected chi connectivity index (χ2v) is 12.3. The average molecular weight is 468 g/mol. The lowest BCUT2D eigenvalue weighted by molar-refractivity contribution is 0.0173. The van der Waals surface area contributed by atoms with Gasteiger partial charge in [-0.15, -0.1) is 0 Å². The van der Waals surface area contributed by atoms with Crippen LogP contribution in [0, 0.1) is 0 Å². The minimum absolute atomic E-state index is 0.169. The van der Waals surface area contributed by atoms with Gasteiger partial charge in [-0.05, 0) is 81.4 Å². The SMILES string of the molecule is CC=N/C(=C\N(C)C1CCN(C(=O)OC(C)(C)C)CC1)c1ccc2c(c1)C(C)(C)CCC2(C)C. The molecule has 0 N–H and O–H groups in total. The van der Waals surface area contributed by atoms with Crippen molar-refractivity contribution in [3.05, 3.63) is 41.1 Å². The van der Waals surface area contributed by atoms with E-state index in [4.69, 9.17) is 9.73 Å².